The third-order valence-electron chi connectivity index (χ3n) is 5.63. The van der Waals surface area contributed by atoms with Crippen LogP contribution in [-0.4, -0.2) is 37.1 Å². The molecule has 2 bridgehead atoms. The Morgan fingerprint density at radius 1 is 1.41 bits per heavy atom. The molecule has 0 saturated carbocycles. The zero-order valence-electron chi connectivity index (χ0n) is 13.5. The maximum Gasteiger partial charge on any atom is 0.310 e. The molecule has 2 aliphatic rings. The summed E-state index contributed by atoms with van der Waals surface area (Å²) in [6.07, 6.45) is 4.43. The number of nitrogens with zero attached hydrogens (tertiary/aromatic N) is 1. The van der Waals surface area contributed by atoms with Gasteiger partial charge in [0.15, 0.2) is 0 Å². The van der Waals surface area contributed by atoms with Crippen LogP contribution >= 0.6 is 22.6 Å². The van der Waals surface area contributed by atoms with Crippen molar-refractivity contribution in [3.63, 3.8) is 0 Å². The lowest BCUT2D eigenvalue weighted by molar-refractivity contribution is -0.150. The molecule has 0 radical (unpaired) electrons. The summed E-state index contributed by atoms with van der Waals surface area (Å²) in [5, 5.41) is 0. The predicted octanol–water partition coefficient (Wildman–Crippen LogP) is 3.59. The van der Waals surface area contributed by atoms with E-state index in [1.807, 2.05) is 0 Å². The first-order chi connectivity index (χ1) is 10.6. The van der Waals surface area contributed by atoms with Crippen LogP contribution in [0.5, 0.6) is 0 Å². The van der Waals surface area contributed by atoms with Crippen LogP contribution in [0.4, 0.5) is 0 Å². The second kappa shape index (κ2) is 6.48. The van der Waals surface area contributed by atoms with Crippen LogP contribution < -0.4 is 0 Å². The summed E-state index contributed by atoms with van der Waals surface area (Å²) in [6, 6.07) is 7.68. The number of ether oxygens (including phenoxy) is 1. The number of hydrogen-bond acceptors (Lipinski definition) is 3. The molecule has 3 nitrogen and oxygen atoms in total. The van der Waals surface area contributed by atoms with E-state index >= 15 is 0 Å². The number of carbonyl (C=O) groups is 1. The Labute approximate surface area is 146 Å². The summed E-state index contributed by atoms with van der Waals surface area (Å²) in [6.45, 7) is 2.18. The van der Waals surface area contributed by atoms with Crippen LogP contribution in [-0.2, 0) is 16.0 Å². The average molecular weight is 413 g/mol. The summed E-state index contributed by atoms with van der Waals surface area (Å²) in [5.74, 6) is 0.217. The van der Waals surface area contributed by atoms with Gasteiger partial charge in [-0.3, -0.25) is 9.69 Å². The van der Waals surface area contributed by atoms with Gasteiger partial charge in [0.25, 0.3) is 0 Å². The van der Waals surface area contributed by atoms with E-state index in [0.29, 0.717) is 18.0 Å². The number of fused-ring (bicyclic) bond motifs is 2. The smallest absolute Gasteiger partial charge is 0.310 e. The minimum Gasteiger partial charge on any atom is -0.469 e. The van der Waals surface area contributed by atoms with E-state index in [9.17, 15) is 4.79 Å². The highest BCUT2D eigenvalue weighted by molar-refractivity contribution is 14.1. The zero-order chi connectivity index (χ0) is 15.9. The number of esters is 1. The molecule has 0 aliphatic carbocycles. The largest absolute Gasteiger partial charge is 0.469 e. The van der Waals surface area contributed by atoms with Gasteiger partial charge >= 0.3 is 5.97 Å². The van der Waals surface area contributed by atoms with Crippen molar-refractivity contribution >= 4 is 28.6 Å². The predicted molar refractivity (Wildman–Crippen MR) is 96.0 cm³/mol. The minimum atomic E-state index is -0.0447. The maximum absolute atomic E-state index is 12.4. The molecule has 2 fully saturated rings. The Kier molecular flexibility index (Phi) is 4.78. The average Bonchev–Trinajstić information content (AvgIpc) is 2.76. The number of carbonyl (C=O) groups excluding carboxylic acids is 1. The Hall–Kier alpha value is -0.620. The third-order valence-corrected chi connectivity index (χ3v) is 6.63. The standard InChI is InChI=1S/C18H24INO2/c1-4-11-5-6-12(9-15(11)19)14-10-13-7-8-16(20(13)2)17(14)18(21)22-3/h5-6,9,13-14,16-17H,4,7-8,10H2,1-3H3/t13-,14+,16+,17-/m0/s1. The Morgan fingerprint density at radius 2 is 2.18 bits per heavy atom. The Balaban J connectivity index is 1.97. The molecule has 0 aromatic heterocycles. The van der Waals surface area contributed by atoms with E-state index < -0.39 is 0 Å². The number of benzene rings is 1. The number of piperidine rings is 1. The van der Waals surface area contributed by atoms with Gasteiger partial charge in [-0.1, -0.05) is 19.1 Å². The van der Waals surface area contributed by atoms with Crippen LogP contribution in [0.3, 0.4) is 0 Å². The van der Waals surface area contributed by atoms with Gasteiger partial charge in [-0.25, -0.2) is 0 Å². The van der Waals surface area contributed by atoms with Crippen LogP contribution in [0.25, 0.3) is 0 Å². The summed E-state index contributed by atoms with van der Waals surface area (Å²) >= 11 is 2.42. The lowest BCUT2D eigenvalue weighted by Gasteiger charge is -2.41. The summed E-state index contributed by atoms with van der Waals surface area (Å²) < 4.78 is 6.46. The monoisotopic (exact) mass is 413 g/mol. The van der Waals surface area contributed by atoms with E-state index in [-0.39, 0.29) is 11.9 Å². The van der Waals surface area contributed by atoms with Crippen molar-refractivity contribution in [1.29, 1.82) is 0 Å². The molecule has 3 rings (SSSR count). The van der Waals surface area contributed by atoms with Crippen molar-refractivity contribution in [3.05, 3.63) is 32.9 Å². The molecule has 2 heterocycles. The highest BCUT2D eigenvalue weighted by Gasteiger charge is 2.49. The van der Waals surface area contributed by atoms with Gasteiger partial charge in [-0.05, 0) is 72.5 Å². The second-order valence-electron chi connectivity index (χ2n) is 6.56. The molecule has 2 saturated heterocycles. The van der Waals surface area contributed by atoms with E-state index in [1.165, 1.54) is 28.2 Å². The molecule has 4 atom stereocenters. The minimum absolute atomic E-state index is 0.0305. The first-order valence-corrected chi connectivity index (χ1v) is 9.22. The first-order valence-electron chi connectivity index (χ1n) is 8.14. The van der Waals surface area contributed by atoms with Crippen LogP contribution in [0.1, 0.15) is 43.2 Å². The van der Waals surface area contributed by atoms with Crippen molar-refractivity contribution in [1.82, 2.24) is 4.90 Å². The molecule has 1 aromatic rings. The molecule has 4 heteroatoms. The molecule has 22 heavy (non-hydrogen) atoms. The molecular formula is C18H24INO2. The normalized spacial score (nSPS) is 31.3. The molecular weight excluding hydrogens is 389 g/mol. The van der Waals surface area contributed by atoms with Crippen molar-refractivity contribution < 1.29 is 9.53 Å². The molecule has 0 spiro atoms. The topological polar surface area (TPSA) is 29.5 Å². The number of methoxy groups -OCH3 is 1. The molecule has 2 aliphatic heterocycles. The van der Waals surface area contributed by atoms with Crippen LogP contribution in [0, 0.1) is 9.49 Å². The molecule has 0 unspecified atom stereocenters. The van der Waals surface area contributed by atoms with Crippen molar-refractivity contribution in [2.24, 2.45) is 5.92 Å². The zero-order valence-corrected chi connectivity index (χ0v) is 15.7. The van der Waals surface area contributed by atoms with E-state index in [2.05, 4.69) is 59.7 Å². The van der Waals surface area contributed by atoms with Gasteiger partial charge in [0.1, 0.15) is 0 Å². The maximum atomic E-state index is 12.4. The SMILES string of the molecule is CCc1ccc([C@H]2C[C@@H]3CC[C@H]([C@H]2C(=O)OC)N3C)cc1I. The highest BCUT2D eigenvalue weighted by atomic mass is 127. The van der Waals surface area contributed by atoms with Crippen LogP contribution in [0.2, 0.25) is 0 Å². The number of aryl methyl sites for hydroxylation is 1. The summed E-state index contributed by atoms with van der Waals surface area (Å²) in [4.78, 5) is 14.8. The first kappa shape index (κ1) is 16.2. The lowest BCUT2D eigenvalue weighted by atomic mass is 9.76. The van der Waals surface area contributed by atoms with Gasteiger partial charge in [-0.15, -0.1) is 0 Å². The Bertz CT molecular complexity index is 574. The van der Waals surface area contributed by atoms with E-state index in [0.717, 1.165) is 19.3 Å². The molecule has 0 N–H and O–H groups in total. The summed E-state index contributed by atoms with van der Waals surface area (Å²) in [7, 11) is 3.68. The second-order valence-corrected chi connectivity index (χ2v) is 7.72. The van der Waals surface area contributed by atoms with Gasteiger partial charge in [0.05, 0.1) is 13.0 Å². The van der Waals surface area contributed by atoms with E-state index in [4.69, 9.17) is 4.74 Å². The lowest BCUT2D eigenvalue weighted by Crippen LogP contribution is -2.49. The number of hydrogen-bond donors (Lipinski definition) is 0. The van der Waals surface area contributed by atoms with Gasteiger partial charge < -0.3 is 4.74 Å². The van der Waals surface area contributed by atoms with Crippen molar-refractivity contribution in [3.8, 4) is 0 Å². The third kappa shape index (κ3) is 2.68. The van der Waals surface area contributed by atoms with Crippen LogP contribution in [0.15, 0.2) is 18.2 Å². The van der Waals surface area contributed by atoms with Crippen molar-refractivity contribution in [2.75, 3.05) is 14.2 Å². The van der Waals surface area contributed by atoms with Gasteiger partial charge in [-0.2, -0.15) is 0 Å². The summed E-state index contributed by atoms with van der Waals surface area (Å²) in [5.41, 5.74) is 2.69. The fraction of sp³-hybridized carbons (Fsp3) is 0.611. The fourth-order valence-electron chi connectivity index (χ4n) is 4.35. The number of rotatable bonds is 3. The van der Waals surface area contributed by atoms with Gasteiger partial charge in [0, 0.05) is 21.6 Å². The van der Waals surface area contributed by atoms with Gasteiger partial charge in [0.2, 0.25) is 0 Å². The fourth-order valence-corrected chi connectivity index (χ4v) is 5.27. The molecule has 0 amide bonds. The quantitative estimate of drug-likeness (QED) is 0.561. The van der Waals surface area contributed by atoms with Crippen molar-refractivity contribution in [2.45, 2.75) is 50.6 Å². The molecule has 1 aromatic carbocycles. The highest BCUT2D eigenvalue weighted by Crippen LogP contribution is 2.46. The Morgan fingerprint density at radius 3 is 2.82 bits per heavy atom. The number of halogens is 1. The van der Waals surface area contributed by atoms with E-state index in [1.54, 1.807) is 0 Å². The molecule has 120 valence electrons.